The Morgan fingerprint density at radius 2 is 1.92 bits per heavy atom. The molecule has 0 bridgehead atoms. The zero-order valence-corrected chi connectivity index (χ0v) is 11.9. The fraction of sp³-hybridized carbons (Fsp3) is 0.0667. The molecule has 0 atom stereocenters. The number of hydrogen-bond acceptors (Lipinski definition) is 4. The smallest absolute Gasteiger partial charge is 0.283 e. The van der Waals surface area contributed by atoms with Crippen LogP contribution in [0.3, 0.4) is 0 Å². The summed E-state index contributed by atoms with van der Waals surface area (Å²) in [6.07, 6.45) is -0.905. The van der Waals surface area contributed by atoms with Crippen LogP contribution in [-0.2, 0) is 6.18 Å². The Morgan fingerprint density at radius 1 is 1.12 bits per heavy atom. The molecule has 24 heavy (non-hydrogen) atoms. The maximum Gasteiger partial charge on any atom is 0.417 e. The van der Waals surface area contributed by atoms with E-state index in [1.807, 2.05) is 0 Å². The molecule has 0 aliphatic rings. The van der Waals surface area contributed by atoms with Crippen LogP contribution in [-0.4, -0.2) is 19.5 Å². The molecule has 0 N–H and O–H groups in total. The van der Waals surface area contributed by atoms with Crippen LogP contribution in [0.5, 0.6) is 0 Å². The molecule has 0 saturated carbocycles. The highest BCUT2D eigenvalue weighted by Gasteiger charge is 2.30. The third kappa shape index (κ3) is 2.96. The third-order valence-corrected chi connectivity index (χ3v) is 3.31. The van der Waals surface area contributed by atoms with Gasteiger partial charge in [-0.15, -0.1) is 0 Å². The van der Waals surface area contributed by atoms with Gasteiger partial charge in [0, 0.05) is 23.9 Å². The van der Waals surface area contributed by atoms with Gasteiger partial charge in [0.1, 0.15) is 12.1 Å². The lowest BCUT2D eigenvalue weighted by molar-refractivity contribution is -0.384. The first-order valence-corrected chi connectivity index (χ1v) is 6.67. The zero-order valence-electron chi connectivity index (χ0n) is 11.9. The normalized spacial score (nSPS) is 11.5. The monoisotopic (exact) mass is 334 g/mol. The Bertz CT molecular complexity index is 888. The molecule has 0 unspecified atom stereocenters. The van der Waals surface area contributed by atoms with Gasteiger partial charge in [-0.3, -0.25) is 14.7 Å². The summed E-state index contributed by atoms with van der Waals surface area (Å²) in [5, 5.41) is 10.9. The van der Waals surface area contributed by atoms with Gasteiger partial charge < -0.3 is 0 Å². The van der Waals surface area contributed by atoms with Gasteiger partial charge in [0.25, 0.3) is 5.69 Å². The summed E-state index contributed by atoms with van der Waals surface area (Å²) in [5.74, 6) is 0.224. The Hall–Kier alpha value is -3.23. The quantitative estimate of drug-likeness (QED) is 0.538. The number of rotatable bonds is 3. The van der Waals surface area contributed by atoms with E-state index in [9.17, 15) is 23.3 Å². The van der Waals surface area contributed by atoms with Crippen molar-refractivity contribution in [3.8, 4) is 17.1 Å². The highest BCUT2D eigenvalue weighted by molar-refractivity contribution is 5.64. The summed E-state index contributed by atoms with van der Waals surface area (Å²) in [6.45, 7) is 0. The van der Waals surface area contributed by atoms with E-state index in [2.05, 4.69) is 9.97 Å². The number of benzene rings is 1. The number of imidazole rings is 1. The Morgan fingerprint density at radius 3 is 2.54 bits per heavy atom. The Balaban J connectivity index is 2.02. The topological polar surface area (TPSA) is 73.8 Å². The lowest BCUT2D eigenvalue weighted by Crippen LogP contribution is -2.07. The second-order valence-corrected chi connectivity index (χ2v) is 4.86. The number of nitro groups is 1. The van der Waals surface area contributed by atoms with Crippen LogP contribution >= 0.6 is 0 Å². The second kappa shape index (κ2) is 5.76. The number of nitrogens with zero attached hydrogens (tertiary/aromatic N) is 4. The number of aromatic nitrogens is 3. The first-order chi connectivity index (χ1) is 11.4. The van der Waals surface area contributed by atoms with E-state index < -0.39 is 16.7 Å². The Kier molecular flexibility index (Phi) is 3.76. The summed E-state index contributed by atoms with van der Waals surface area (Å²) in [5.41, 5.74) is 0.0262. The highest BCUT2D eigenvalue weighted by atomic mass is 19.4. The number of non-ortho nitro benzene ring substituents is 1. The molecule has 9 heteroatoms. The number of pyridine rings is 1. The summed E-state index contributed by atoms with van der Waals surface area (Å²) in [6, 6.07) is 8.00. The summed E-state index contributed by atoms with van der Waals surface area (Å²) in [7, 11) is 0. The van der Waals surface area contributed by atoms with E-state index in [0.717, 1.165) is 12.3 Å². The van der Waals surface area contributed by atoms with Gasteiger partial charge in [-0.25, -0.2) is 9.97 Å². The number of alkyl halides is 3. The van der Waals surface area contributed by atoms with E-state index in [4.69, 9.17) is 0 Å². The van der Waals surface area contributed by atoms with Crippen molar-refractivity contribution >= 4 is 5.69 Å². The molecule has 0 spiro atoms. The first kappa shape index (κ1) is 15.7. The van der Waals surface area contributed by atoms with Crippen LogP contribution < -0.4 is 0 Å². The second-order valence-electron chi connectivity index (χ2n) is 4.86. The van der Waals surface area contributed by atoms with E-state index in [1.165, 1.54) is 41.4 Å². The molecule has 2 aromatic heterocycles. The molecule has 0 saturated heterocycles. The molecule has 0 fully saturated rings. The van der Waals surface area contributed by atoms with Gasteiger partial charge >= 0.3 is 6.18 Å². The predicted octanol–water partition coefficient (Wildman–Crippen LogP) is 3.86. The van der Waals surface area contributed by atoms with Gasteiger partial charge in [-0.05, 0) is 12.1 Å². The molecule has 0 aliphatic heterocycles. The van der Waals surface area contributed by atoms with E-state index >= 15 is 0 Å². The summed E-state index contributed by atoms with van der Waals surface area (Å²) in [4.78, 5) is 18.1. The van der Waals surface area contributed by atoms with Gasteiger partial charge in [-0.1, -0.05) is 12.1 Å². The molecule has 122 valence electrons. The molecular formula is C15H9F3N4O2. The van der Waals surface area contributed by atoms with Crippen molar-refractivity contribution in [1.82, 2.24) is 14.5 Å². The van der Waals surface area contributed by atoms with E-state index in [0.29, 0.717) is 11.3 Å². The molecule has 1 aromatic carbocycles. The summed E-state index contributed by atoms with van der Waals surface area (Å²) < 4.78 is 39.3. The van der Waals surface area contributed by atoms with Crippen LogP contribution in [0.4, 0.5) is 18.9 Å². The van der Waals surface area contributed by atoms with Crippen molar-refractivity contribution in [3.05, 3.63) is 70.8 Å². The lowest BCUT2D eigenvalue weighted by atomic mass is 10.1. The maximum atomic E-state index is 12.6. The molecule has 3 aromatic rings. The average Bonchev–Trinajstić information content (AvgIpc) is 3.04. The lowest BCUT2D eigenvalue weighted by Gasteiger charge is -2.09. The van der Waals surface area contributed by atoms with Crippen molar-refractivity contribution in [3.63, 3.8) is 0 Å². The SMILES string of the molecule is O=[N+]([O-])c1cccc(-c2cncn2-c2ccc(C(F)(F)F)cn2)c1. The number of halogens is 3. The highest BCUT2D eigenvalue weighted by Crippen LogP contribution is 2.30. The Labute approximate surface area is 133 Å². The van der Waals surface area contributed by atoms with Crippen molar-refractivity contribution < 1.29 is 18.1 Å². The first-order valence-electron chi connectivity index (χ1n) is 6.67. The zero-order chi connectivity index (χ0) is 17.3. The van der Waals surface area contributed by atoms with Crippen LogP contribution in [0.2, 0.25) is 0 Å². The minimum atomic E-state index is -4.47. The molecule has 6 nitrogen and oxygen atoms in total. The molecule has 0 amide bonds. The fourth-order valence-corrected chi connectivity index (χ4v) is 2.17. The summed E-state index contributed by atoms with van der Waals surface area (Å²) >= 11 is 0. The van der Waals surface area contributed by atoms with Crippen molar-refractivity contribution in [2.75, 3.05) is 0 Å². The van der Waals surface area contributed by atoms with Gasteiger partial charge in [0.2, 0.25) is 0 Å². The van der Waals surface area contributed by atoms with Gasteiger partial charge in [-0.2, -0.15) is 13.2 Å². The van der Waals surface area contributed by atoms with Gasteiger partial charge in [0.15, 0.2) is 0 Å². The van der Waals surface area contributed by atoms with E-state index in [1.54, 1.807) is 6.07 Å². The standard InChI is InChI=1S/C15H9F3N4O2/c16-15(17,18)11-4-5-14(20-7-11)21-9-19-8-13(21)10-2-1-3-12(6-10)22(23)24/h1-9H. The van der Waals surface area contributed by atoms with Crippen LogP contribution in [0, 0.1) is 10.1 Å². The van der Waals surface area contributed by atoms with Crippen LogP contribution in [0.1, 0.15) is 5.56 Å². The molecule has 2 heterocycles. The van der Waals surface area contributed by atoms with Crippen molar-refractivity contribution in [2.24, 2.45) is 0 Å². The van der Waals surface area contributed by atoms with E-state index in [-0.39, 0.29) is 11.5 Å². The van der Waals surface area contributed by atoms with Crippen molar-refractivity contribution in [2.45, 2.75) is 6.18 Å². The minimum Gasteiger partial charge on any atom is -0.283 e. The van der Waals surface area contributed by atoms with Crippen LogP contribution in [0.15, 0.2) is 55.1 Å². The molecule has 3 rings (SSSR count). The number of hydrogen-bond donors (Lipinski definition) is 0. The third-order valence-electron chi connectivity index (χ3n) is 3.31. The van der Waals surface area contributed by atoms with Gasteiger partial charge in [0.05, 0.1) is 22.4 Å². The average molecular weight is 334 g/mol. The maximum absolute atomic E-state index is 12.6. The fourth-order valence-electron chi connectivity index (χ4n) is 2.17. The molecule has 0 aliphatic carbocycles. The predicted molar refractivity (Wildman–Crippen MR) is 78.5 cm³/mol. The minimum absolute atomic E-state index is 0.0966. The number of nitro benzene ring substituents is 1. The molecule has 0 radical (unpaired) electrons. The van der Waals surface area contributed by atoms with Crippen molar-refractivity contribution in [1.29, 1.82) is 0 Å². The van der Waals surface area contributed by atoms with Crippen LogP contribution in [0.25, 0.3) is 17.1 Å². The molecular weight excluding hydrogens is 325 g/mol. The largest absolute Gasteiger partial charge is 0.417 e.